The molecule has 24 heavy (non-hydrogen) atoms. The van der Waals surface area contributed by atoms with Crippen molar-refractivity contribution >= 4 is 38.6 Å². The van der Waals surface area contributed by atoms with Crippen molar-refractivity contribution in [2.75, 3.05) is 12.5 Å². The Morgan fingerprint density at radius 2 is 2.08 bits per heavy atom. The largest absolute Gasteiger partial charge is 0.504 e. The number of phenols is 1. The minimum absolute atomic E-state index is 0.0374. The van der Waals surface area contributed by atoms with E-state index in [1.165, 1.54) is 24.7 Å². The van der Waals surface area contributed by atoms with Gasteiger partial charge in [0.15, 0.2) is 11.5 Å². The van der Waals surface area contributed by atoms with Crippen LogP contribution in [-0.2, 0) is 0 Å². The van der Waals surface area contributed by atoms with Crippen molar-refractivity contribution in [3.8, 4) is 22.8 Å². The molecule has 2 aromatic carbocycles. The lowest BCUT2D eigenvalue weighted by molar-refractivity contribution is 0.373. The fraction of sp³-hybridized carbons (Fsp3) is 0.0588. The first-order valence-corrected chi connectivity index (χ1v) is 8.71. The third kappa shape index (κ3) is 3.74. The maximum atomic E-state index is 10.1. The van der Waals surface area contributed by atoms with Crippen LogP contribution in [0, 0.1) is 0 Å². The van der Waals surface area contributed by atoms with Gasteiger partial charge in [-0.15, -0.1) is 11.3 Å². The van der Waals surface area contributed by atoms with Crippen LogP contribution in [0.4, 0.5) is 5.13 Å². The van der Waals surface area contributed by atoms with Crippen LogP contribution in [0.15, 0.2) is 57.4 Å². The van der Waals surface area contributed by atoms with Crippen molar-refractivity contribution in [2.24, 2.45) is 5.10 Å². The number of rotatable bonds is 5. The Balaban J connectivity index is 1.74. The predicted octanol–water partition coefficient (Wildman–Crippen LogP) is 4.73. The third-order valence-electron chi connectivity index (χ3n) is 3.23. The molecule has 122 valence electrons. The van der Waals surface area contributed by atoms with Crippen molar-refractivity contribution in [1.29, 1.82) is 0 Å². The molecule has 0 radical (unpaired) electrons. The Kier molecular flexibility index (Phi) is 5.12. The summed E-state index contributed by atoms with van der Waals surface area (Å²) in [6.45, 7) is 0. The molecule has 2 N–H and O–H groups in total. The lowest BCUT2D eigenvalue weighted by atomic mass is 10.2. The number of methoxy groups -OCH3 is 1. The lowest BCUT2D eigenvalue weighted by Crippen LogP contribution is -1.93. The molecule has 0 aliphatic carbocycles. The normalized spacial score (nSPS) is 10.9. The van der Waals surface area contributed by atoms with Crippen molar-refractivity contribution in [2.45, 2.75) is 0 Å². The summed E-state index contributed by atoms with van der Waals surface area (Å²) in [4.78, 5) is 4.48. The molecule has 1 aromatic heterocycles. The summed E-state index contributed by atoms with van der Waals surface area (Å²) in [7, 11) is 1.50. The van der Waals surface area contributed by atoms with E-state index in [-0.39, 0.29) is 5.75 Å². The van der Waals surface area contributed by atoms with Crippen molar-refractivity contribution in [3.05, 3.63) is 57.9 Å². The number of hydrogen-bond acceptors (Lipinski definition) is 6. The quantitative estimate of drug-likeness (QED) is 0.477. The molecule has 0 amide bonds. The smallest absolute Gasteiger partial charge is 0.203 e. The molecule has 0 spiro atoms. The maximum Gasteiger partial charge on any atom is 0.203 e. The first-order valence-electron chi connectivity index (χ1n) is 7.04. The molecule has 1 heterocycles. The Morgan fingerprint density at radius 1 is 1.29 bits per heavy atom. The summed E-state index contributed by atoms with van der Waals surface area (Å²) in [5.41, 5.74) is 5.36. The fourth-order valence-electron chi connectivity index (χ4n) is 2.07. The number of phenolic OH excluding ortho intramolecular Hbond substituents is 1. The van der Waals surface area contributed by atoms with Gasteiger partial charge in [0.1, 0.15) is 0 Å². The molecule has 0 fully saturated rings. The van der Waals surface area contributed by atoms with E-state index in [1.54, 1.807) is 12.1 Å². The van der Waals surface area contributed by atoms with Gasteiger partial charge in [0.2, 0.25) is 5.13 Å². The molecular weight excluding hydrogens is 390 g/mol. The van der Waals surface area contributed by atoms with Crippen molar-refractivity contribution in [3.63, 3.8) is 0 Å². The minimum Gasteiger partial charge on any atom is -0.504 e. The monoisotopic (exact) mass is 403 g/mol. The van der Waals surface area contributed by atoms with Gasteiger partial charge in [-0.05, 0) is 12.1 Å². The average molecular weight is 404 g/mol. The number of nitrogens with one attached hydrogen (secondary N) is 1. The standard InChI is InChI=1S/C17H14BrN3O2S/c1-23-15-8-13(18)7-12(16(15)22)9-19-21-17-20-14(10-24-17)11-5-3-2-4-6-11/h2-10,22H,1H3,(H,20,21). The SMILES string of the molecule is COc1cc(Br)cc(C=NNc2nc(-c3ccccc3)cs2)c1O. The highest BCUT2D eigenvalue weighted by Gasteiger charge is 2.08. The summed E-state index contributed by atoms with van der Waals surface area (Å²) in [6, 6.07) is 13.4. The molecular formula is C17H14BrN3O2S. The van der Waals surface area contributed by atoms with Crippen LogP contribution < -0.4 is 10.2 Å². The first-order chi connectivity index (χ1) is 11.7. The second-order valence-electron chi connectivity index (χ2n) is 4.82. The van der Waals surface area contributed by atoms with Crippen molar-refractivity contribution < 1.29 is 9.84 Å². The van der Waals surface area contributed by atoms with Gasteiger partial charge in [0.25, 0.3) is 0 Å². The van der Waals surface area contributed by atoms with Gasteiger partial charge in [-0.3, -0.25) is 5.43 Å². The summed E-state index contributed by atoms with van der Waals surface area (Å²) >= 11 is 4.83. The number of aromatic nitrogens is 1. The lowest BCUT2D eigenvalue weighted by Gasteiger charge is -2.06. The highest BCUT2D eigenvalue weighted by atomic mass is 79.9. The molecule has 0 saturated heterocycles. The number of ether oxygens (including phenoxy) is 1. The van der Waals surface area contributed by atoms with E-state index in [0.29, 0.717) is 16.4 Å². The van der Waals surface area contributed by atoms with Crippen LogP contribution in [-0.4, -0.2) is 23.4 Å². The van der Waals surface area contributed by atoms with E-state index >= 15 is 0 Å². The molecule has 0 unspecified atom stereocenters. The zero-order valence-electron chi connectivity index (χ0n) is 12.7. The number of hydrogen-bond donors (Lipinski definition) is 2. The van der Waals surface area contributed by atoms with E-state index in [9.17, 15) is 5.11 Å². The zero-order valence-corrected chi connectivity index (χ0v) is 15.1. The second kappa shape index (κ2) is 7.46. The molecule has 0 aliphatic heterocycles. The number of anilines is 1. The fourth-order valence-corrected chi connectivity index (χ4v) is 3.20. The zero-order chi connectivity index (χ0) is 16.9. The van der Waals surface area contributed by atoms with Gasteiger partial charge in [-0.25, -0.2) is 4.98 Å². The van der Waals surface area contributed by atoms with Gasteiger partial charge in [0.05, 0.1) is 19.0 Å². The second-order valence-corrected chi connectivity index (χ2v) is 6.59. The predicted molar refractivity (Wildman–Crippen MR) is 101 cm³/mol. The summed E-state index contributed by atoms with van der Waals surface area (Å²) in [5, 5.41) is 16.9. The van der Waals surface area contributed by atoms with E-state index in [4.69, 9.17) is 4.74 Å². The van der Waals surface area contributed by atoms with Crippen LogP contribution in [0.25, 0.3) is 11.3 Å². The molecule has 0 atom stereocenters. The third-order valence-corrected chi connectivity index (χ3v) is 4.43. The molecule has 0 aliphatic rings. The van der Waals surface area contributed by atoms with E-state index in [1.807, 2.05) is 35.7 Å². The molecule has 7 heteroatoms. The highest BCUT2D eigenvalue weighted by Crippen LogP contribution is 2.32. The van der Waals surface area contributed by atoms with E-state index in [0.717, 1.165) is 15.7 Å². The number of hydrazone groups is 1. The Hall–Kier alpha value is -2.38. The average Bonchev–Trinajstić information content (AvgIpc) is 3.07. The summed E-state index contributed by atoms with van der Waals surface area (Å²) < 4.78 is 5.90. The van der Waals surface area contributed by atoms with Gasteiger partial charge in [-0.1, -0.05) is 46.3 Å². The molecule has 0 bridgehead atoms. The van der Waals surface area contributed by atoms with Gasteiger partial charge in [-0.2, -0.15) is 5.10 Å². The number of halogens is 1. The maximum absolute atomic E-state index is 10.1. The number of benzene rings is 2. The molecule has 3 rings (SSSR count). The Labute approximate surface area is 151 Å². The highest BCUT2D eigenvalue weighted by molar-refractivity contribution is 9.10. The topological polar surface area (TPSA) is 66.7 Å². The van der Waals surface area contributed by atoms with Crippen LogP contribution in [0.2, 0.25) is 0 Å². The Bertz CT molecular complexity index is 866. The van der Waals surface area contributed by atoms with Gasteiger partial charge >= 0.3 is 0 Å². The molecule has 5 nitrogen and oxygen atoms in total. The minimum atomic E-state index is 0.0374. The number of aromatic hydroxyl groups is 1. The van der Waals surface area contributed by atoms with Crippen LogP contribution in [0.3, 0.4) is 0 Å². The van der Waals surface area contributed by atoms with Gasteiger partial charge in [0, 0.05) is 21.0 Å². The first kappa shape index (κ1) is 16.5. The summed E-state index contributed by atoms with van der Waals surface area (Å²) in [5.74, 6) is 0.418. The Morgan fingerprint density at radius 3 is 2.83 bits per heavy atom. The molecule has 3 aromatic rings. The number of nitrogens with zero attached hydrogens (tertiary/aromatic N) is 2. The molecule has 0 saturated carbocycles. The van der Waals surface area contributed by atoms with Crippen LogP contribution in [0.1, 0.15) is 5.56 Å². The van der Waals surface area contributed by atoms with E-state index < -0.39 is 0 Å². The van der Waals surface area contributed by atoms with Crippen LogP contribution in [0.5, 0.6) is 11.5 Å². The number of thiazole rings is 1. The summed E-state index contributed by atoms with van der Waals surface area (Å²) in [6.07, 6.45) is 1.52. The van der Waals surface area contributed by atoms with Gasteiger partial charge < -0.3 is 9.84 Å². The van der Waals surface area contributed by atoms with Crippen molar-refractivity contribution in [1.82, 2.24) is 4.98 Å². The van der Waals surface area contributed by atoms with Crippen LogP contribution >= 0.6 is 27.3 Å². The van der Waals surface area contributed by atoms with E-state index in [2.05, 4.69) is 31.4 Å².